The molecule has 0 aliphatic carbocycles. The zero-order chi connectivity index (χ0) is 18.7. The summed E-state index contributed by atoms with van der Waals surface area (Å²) >= 11 is 5.95. The van der Waals surface area contributed by atoms with Crippen LogP contribution in [0, 0.1) is 0 Å². The molecular weight excluding hydrogens is 352 g/mol. The van der Waals surface area contributed by atoms with Gasteiger partial charge < -0.3 is 10.1 Å². The molecule has 1 atom stereocenters. The highest BCUT2D eigenvalue weighted by Gasteiger charge is 2.34. The van der Waals surface area contributed by atoms with Gasteiger partial charge in [-0.15, -0.1) is 0 Å². The summed E-state index contributed by atoms with van der Waals surface area (Å²) in [5.41, 5.74) is 1.43. The molecule has 5 nitrogen and oxygen atoms in total. The van der Waals surface area contributed by atoms with E-state index in [4.69, 9.17) is 16.3 Å². The minimum absolute atomic E-state index is 0.140. The number of amides is 3. The normalized spacial score (nSPS) is 16.7. The van der Waals surface area contributed by atoms with E-state index < -0.39 is 11.9 Å². The van der Waals surface area contributed by atoms with Crippen LogP contribution in [0.3, 0.4) is 0 Å². The summed E-state index contributed by atoms with van der Waals surface area (Å²) < 4.78 is 5.73. The maximum Gasteiger partial charge on any atom is 0.333 e. The van der Waals surface area contributed by atoms with Crippen LogP contribution in [0.25, 0.3) is 6.08 Å². The summed E-state index contributed by atoms with van der Waals surface area (Å²) in [6.07, 6.45) is 2.70. The second kappa shape index (κ2) is 7.62. The number of ether oxygens (including phenoxy) is 1. The Labute approximate surface area is 157 Å². The molecule has 1 aliphatic rings. The van der Waals surface area contributed by atoms with E-state index in [9.17, 15) is 9.59 Å². The smallest absolute Gasteiger partial charge is 0.333 e. The first-order chi connectivity index (χ1) is 12.5. The summed E-state index contributed by atoms with van der Waals surface area (Å²) in [6, 6.07) is 13.5. The van der Waals surface area contributed by atoms with E-state index in [1.54, 1.807) is 30.3 Å². The van der Waals surface area contributed by atoms with Gasteiger partial charge >= 0.3 is 6.03 Å². The molecule has 0 unspecified atom stereocenters. The van der Waals surface area contributed by atoms with E-state index in [1.807, 2.05) is 31.2 Å². The third-order valence-corrected chi connectivity index (χ3v) is 4.28. The molecule has 2 aromatic rings. The van der Waals surface area contributed by atoms with Gasteiger partial charge in [-0.1, -0.05) is 36.7 Å². The number of hydrogen-bond acceptors (Lipinski definition) is 3. The summed E-state index contributed by atoms with van der Waals surface area (Å²) in [6.45, 7) is 4.07. The molecule has 1 fully saturated rings. The molecule has 0 spiro atoms. The largest absolute Gasteiger partial charge is 0.491 e. The quantitative estimate of drug-likeness (QED) is 0.617. The van der Waals surface area contributed by atoms with Crippen molar-refractivity contribution in [3.63, 3.8) is 0 Å². The van der Waals surface area contributed by atoms with Crippen molar-refractivity contribution in [2.45, 2.75) is 26.4 Å². The molecule has 26 heavy (non-hydrogen) atoms. The number of hydrogen-bond donors (Lipinski definition) is 1. The molecule has 0 bridgehead atoms. The molecule has 3 amide bonds. The Balaban J connectivity index is 1.79. The lowest BCUT2D eigenvalue weighted by atomic mass is 10.1. The molecule has 0 radical (unpaired) electrons. The Morgan fingerprint density at radius 2 is 1.92 bits per heavy atom. The average Bonchev–Trinajstić information content (AvgIpc) is 2.90. The molecular formula is C20H19ClN2O3. The summed E-state index contributed by atoms with van der Waals surface area (Å²) in [5.74, 6) is 0.348. The zero-order valence-corrected chi connectivity index (χ0v) is 15.3. The fourth-order valence-electron chi connectivity index (χ4n) is 2.51. The molecule has 0 aromatic heterocycles. The lowest BCUT2D eigenvalue weighted by Crippen LogP contribution is -2.30. The van der Waals surface area contributed by atoms with Crippen LogP contribution >= 0.6 is 11.6 Å². The van der Waals surface area contributed by atoms with Gasteiger partial charge in [0.25, 0.3) is 5.91 Å². The van der Waals surface area contributed by atoms with Crippen LogP contribution in [0.4, 0.5) is 10.5 Å². The first kappa shape index (κ1) is 18.0. The summed E-state index contributed by atoms with van der Waals surface area (Å²) in [5, 5.41) is 3.06. The molecule has 1 heterocycles. The molecule has 6 heteroatoms. The molecule has 0 saturated carbocycles. The molecule has 134 valence electrons. The van der Waals surface area contributed by atoms with E-state index in [-0.39, 0.29) is 11.8 Å². The Morgan fingerprint density at radius 1 is 1.19 bits per heavy atom. The van der Waals surface area contributed by atoms with E-state index >= 15 is 0 Å². The molecule has 1 N–H and O–H groups in total. The van der Waals surface area contributed by atoms with Crippen LogP contribution in [0.5, 0.6) is 5.75 Å². The minimum atomic E-state index is -0.500. The van der Waals surface area contributed by atoms with E-state index in [0.29, 0.717) is 10.7 Å². The minimum Gasteiger partial charge on any atom is -0.491 e. The Kier molecular flexibility index (Phi) is 5.28. The van der Waals surface area contributed by atoms with Gasteiger partial charge in [-0.25, -0.2) is 9.69 Å². The van der Waals surface area contributed by atoms with E-state index in [0.717, 1.165) is 22.6 Å². The van der Waals surface area contributed by atoms with Crippen molar-refractivity contribution in [3.05, 3.63) is 64.8 Å². The van der Waals surface area contributed by atoms with Crippen LogP contribution in [-0.4, -0.2) is 18.0 Å². The van der Waals surface area contributed by atoms with Gasteiger partial charge in [0.1, 0.15) is 11.4 Å². The first-order valence-electron chi connectivity index (χ1n) is 8.37. The zero-order valence-electron chi connectivity index (χ0n) is 14.5. The van der Waals surface area contributed by atoms with Crippen molar-refractivity contribution in [1.82, 2.24) is 5.32 Å². The lowest BCUT2D eigenvalue weighted by Gasteiger charge is -2.12. The highest BCUT2D eigenvalue weighted by molar-refractivity contribution is 6.32. The highest BCUT2D eigenvalue weighted by atomic mass is 35.5. The highest BCUT2D eigenvalue weighted by Crippen LogP contribution is 2.25. The fourth-order valence-corrected chi connectivity index (χ4v) is 2.69. The third kappa shape index (κ3) is 3.89. The number of urea groups is 1. The van der Waals surface area contributed by atoms with Gasteiger partial charge in [-0.2, -0.15) is 0 Å². The van der Waals surface area contributed by atoms with Crippen LogP contribution in [0.1, 0.15) is 25.8 Å². The number of nitrogens with zero attached hydrogens (tertiary/aromatic N) is 1. The second-order valence-electron chi connectivity index (χ2n) is 6.01. The molecule has 1 saturated heterocycles. The molecule has 1 aliphatic heterocycles. The van der Waals surface area contributed by atoms with Crippen molar-refractivity contribution in [1.29, 1.82) is 0 Å². The summed E-state index contributed by atoms with van der Waals surface area (Å²) in [7, 11) is 0. The maximum atomic E-state index is 12.6. The van der Waals surface area contributed by atoms with E-state index in [2.05, 4.69) is 12.2 Å². The number of carbonyl (C=O) groups excluding carboxylic acids is 2. The molecule has 3 rings (SSSR count). The van der Waals surface area contributed by atoms with Crippen molar-refractivity contribution >= 4 is 35.3 Å². The number of rotatable bonds is 5. The van der Waals surface area contributed by atoms with Gasteiger partial charge in [0, 0.05) is 5.02 Å². The Morgan fingerprint density at radius 3 is 2.58 bits per heavy atom. The second-order valence-corrected chi connectivity index (χ2v) is 6.45. The number of imide groups is 1. The third-order valence-electron chi connectivity index (χ3n) is 4.05. The number of carbonyl (C=O) groups is 2. The average molecular weight is 371 g/mol. The number of benzene rings is 2. The predicted octanol–water partition coefficient (Wildman–Crippen LogP) is 4.61. The fraction of sp³-hybridized carbons (Fsp3) is 0.200. The van der Waals surface area contributed by atoms with Crippen molar-refractivity contribution in [2.24, 2.45) is 0 Å². The van der Waals surface area contributed by atoms with E-state index in [1.165, 1.54) is 0 Å². The predicted molar refractivity (Wildman–Crippen MR) is 102 cm³/mol. The van der Waals surface area contributed by atoms with Gasteiger partial charge in [0.2, 0.25) is 0 Å². The van der Waals surface area contributed by atoms with Crippen LogP contribution in [-0.2, 0) is 4.79 Å². The SMILES string of the molecule is CC[C@H](C)Oc1ccc(/C=C2/NC(=O)N(c3cccc(Cl)c3)C2=O)cc1. The summed E-state index contributed by atoms with van der Waals surface area (Å²) in [4.78, 5) is 25.9. The number of anilines is 1. The topological polar surface area (TPSA) is 58.6 Å². The van der Waals surface area contributed by atoms with Gasteiger partial charge in [-0.3, -0.25) is 4.79 Å². The Bertz CT molecular complexity index is 862. The molecule has 2 aromatic carbocycles. The van der Waals surface area contributed by atoms with Crippen molar-refractivity contribution < 1.29 is 14.3 Å². The monoisotopic (exact) mass is 370 g/mol. The Hall–Kier alpha value is -2.79. The number of nitrogens with one attached hydrogen (secondary N) is 1. The standard InChI is InChI=1S/C20H19ClN2O3/c1-3-13(2)26-17-9-7-14(8-10-17)11-18-19(24)23(20(25)22-18)16-6-4-5-15(21)12-16/h4-13H,3H2,1-2H3,(H,22,25)/b18-11+/t13-/m0/s1. The van der Waals surface area contributed by atoms with Gasteiger partial charge in [-0.05, 0) is 55.3 Å². The van der Waals surface area contributed by atoms with Crippen LogP contribution in [0.15, 0.2) is 54.2 Å². The lowest BCUT2D eigenvalue weighted by molar-refractivity contribution is -0.113. The first-order valence-corrected chi connectivity index (χ1v) is 8.75. The maximum absolute atomic E-state index is 12.6. The van der Waals surface area contributed by atoms with Crippen LogP contribution < -0.4 is 15.0 Å². The van der Waals surface area contributed by atoms with Gasteiger partial charge in [0.05, 0.1) is 11.8 Å². The van der Waals surface area contributed by atoms with Crippen LogP contribution in [0.2, 0.25) is 5.02 Å². The van der Waals surface area contributed by atoms with Crippen molar-refractivity contribution in [3.8, 4) is 5.75 Å². The van der Waals surface area contributed by atoms with Crippen molar-refractivity contribution in [2.75, 3.05) is 4.90 Å². The number of halogens is 1. The van der Waals surface area contributed by atoms with Gasteiger partial charge in [0.15, 0.2) is 0 Å².